The van der Waals surface area contributed by atoms with Crippen LogP contribution in [0.2, 0.25) is 0 Å². The van der Waals surface area contributed by atoms with E-state index in [1.807, 2.05) is 6.92 Å². The maximum atomic E-state index is 13.8. The highest BCUT2D eigenvalue weighted by molar-refractivity contribution is 7.09. The molecule has 0 aromatic carbocycles. The molecular weight excluding hydrogens is 478 g/mol. The number of nitrogens with two attached hydrogens (primary N) is 1. The Labute approximate surface area is 217 Å². The second-order valence-corrected chi connectivity index (χ2v) is 10.6. The first-order valence-corrected chi connectivity index (χ1v) is 13.8. The molecular formula is C26H39N5O4S. The maximum Gasteiger partial charge on any atom is 0.273 e. The van der Waals surface area contributed by atoms with Crippen molar-refractivity contribution in [2.45, 2.75) is 90.8 Å². The lowest BCUT2D eigenvalue weighted by molar-refractivity contribution is -0.126. The summed E-state index contributed by atoms with van der Waals surface area (Å²) >= 11 is 0.895. The molecule has 4 N–H and O–H groups in total. The number of nitrogens with one attached hydrogen (secondary N) is 2. The predicted octanol–water partition coefficient (Wildman–Crippen LogP) is 4.35. The van der Waals surface area contributed by atoms with Gasteiger partial charge in [-0.3, -0.25) is 14.4 Å². The van der Waals surface area contributed by atoms with Crippen LogP contribution >= 0.6 is 11.5 Å². The lowest BCUT2D eigenvalue weighted by Crippen LogP contribution is -2.49. The van der Waals surface area contributed by atoms with Gasteiger partial charge in [0.25, 0.3) is 11.8 Å². The van der Waals surface area contributed by atoms with Crippen molar-refractivity contribution in [2.75, 3.05) is 12.3 Å². The summed E-state index contributed by atoms with van der Waals surface area (Å²) in [6, 6.07) is 2.90. The third-order valence-electron chi connectivity index (χ3n) is 6.51. The minimum atomic E-state index is -0.708. The fraction of sp³-hybridized carbons (Fsp3) is 0.615. The smallest absolute Gasteiger partial charge is 0.273 e. The van der Waals surface area contributed by atoms with E-state index < -0.39 is 11.9 Å². The molecule has 1 saturated carbocycles. The van der Waals surface area contributed by atoms with Gasteiger partial charge >= 0.3 is 0 Å². The summed E-state index contributed by atoms with van der Waals surface area (Å²) in [5.41, 5.74) is 6.42. The number of furan rings is 1. The van der Waals surface area contributed by atoms with Crippen LogP contribution in [-0.2, 0) is 11.3 Å². The van der Waals surface area contributed by atoms with E-state index in [4.69, 9.17) is 10.2 Å². The van der Waals surface area contributed by atoms with E-state index in [2.05, 4.69) is 28.9 Å². The molecule has 0 bridgehead atoms. The van der Waals surface area contributed by atoms with E-state index in [1.165, 1.54) is 17.6 Å². The number of aromatic nitrogens is 1. The van der Waals surface area contributed by atoms with E-state index in [0.29, 0.717) is 31.1 Å². The van der Waals surface area contributed by atoms with Crippen LogP contribution in [0.4, 0.5) is 5.69 Å². The van der Waals surface area contributed by atoms with Gasteiger partial charge < -0.3 is 25.7 Å². The molecule has 2 aromatic rings. The van der Waals surface area contributed by atoms with Crippen molar-refractivity contribution in [3.63, 3.8) is 0 Å². The first kappa shape index (κ1) is 27.7. The summed E-state index contributed by atoms with van der Waals surface area (Å²) in [6.45, 7) is 6.80. The van der Waals surface area contributed by atoms with Crippen LogP contribution in [0.3, 0.4) is 0 Å². The van der Waals surface area contributed by atoms with Gasteiger partial charge in [0.15, 0.2) is 5.69 Å². The van der Waals surface area contributed by atoms with Crippen LogP contribution in [0.25, 0.3) is 0 Å². The number of hydrogen-bond donors (Lipinski definition) is 3. The van der Waals surface area contributed by atoms with Gasteiger partial charge in [-0.25, -0.2) is 0 Å². The van der Waals surface area contributed by atoms with Crippen molar-refractivity contribution in [3.8, 4) is 0 Å². The number of nitrogens with zero attached hydrogens (tertiary/aromatic N) is 2. The van der Waals surface area contributed by atoms with Gasteiger partial charge in [0.1, 0.15) is 16.7 Å². The summed E-state index contributed by atoms with van der Waals surface area (Å²) in [5, 5.41) is 5.99. The Morgan fingerprint density at radius 2 is 1.97 bits per heavy atom. The quantitative estimate of drug-likeness (QED) is 0.384. The van der Waals surface area contributed by atoms with E-state index >= 15 is 0 Å². The molecule has 0 radical (unpaired) electrons. The first-order valence-electron chi connectivity index (χ1n) is 13.0. The zero-order chi connectivity index (χ0) is 26.1. The molecule has 1 aliphatic carbocycles. The molecule has 0 aliphatic heterocycles. The van der Waals surface area contributed by atoms with Gasteiger partial charge in [0, 0.05) is 12.6 Å². The molecule has 1 fully saturated rings. The van der Waals surface area contributed by atoms with Crippen molar-refractivity contribution < 1.29 is 18.8 Å². The maximum absolute atomic E-state index is 13.8. The van der Waals surface area contributed by atoms with E-state index in [9.17, 15) is 14.4 Å². The van der Waals surface area contributed by atoms with Gasteiger partial charge in [-0.2, -0.15) is 4.37 Å². The Hall–Kier alpha value is -2.88. The standard InChI is InChI=1S/C26H39N5O4S/c1-4-9-20(24(32)28-14-13-17(2)3)31(16-19-12-8-15-35-19)26(34)23-21(27)22(30-36-23)25(33)29-18-10-6-5-7-11-18/h8,12,15,17-18,20H,4-7,9-11,13-14,16,27H2,1-3H3,(H,28,32)(H,29,33)/t20-/m1/s1. The molecule has 2 aromatic heterocycles. The average Bonchev–Trinajstić information content (AvgIpc) is 3.50. The third kappa shape index (κ3) is 7.32. The molecule has 36 heavy (non-hydrogen) atoms. The molecule has 1 aliphatic rings. The number of rotatable bonds is 12. The van der Waals surface area contributed by atoms with Crippen molar-refractivity contribution >= 4 is 34.9 Å². The van der Waals surface area contributed by atoms with Crippen LogP contribution in [0.5, 0.6) is 0 Å². The SMILES string of the molecule is CCC[C@H](C(=O)NCCC(C)C)N(Cc1ccco1)C(=O)c1snc(C(=O)NC2CCCCC2)c1N. The summed E-state index contributed by atoms with van der Waals surface area (Å²) in [5.74, 6) is -0.00103. The van der Waals surface area contributed by atoms with Crippen molar-refractivity contribution in [1.82, 2.24) is 19.9 Å². The lowest BCUT2D eigenvalue weighted by Gasteiger charge is -2.30. The highest BCUT2D eigenvalue weighted by atomic mass is 32.1. The number of anilines is 1. The fourth-order valence-corrected chi connectivity index (χ4v) is 5.20. The highest BCUT2D eigenvalue weighted by Crippen LogP contribution is 2.27. The van der Waals surface area contributed by atoms with Crippen molar-refractivity contribution in [3.05, 3.63) is 34.7 Å². The number of amides is 3. The Kier molecular flexibility index (Phi) is 10.3. The van der Waals surface area contributed by atoms with Gasteiger partial charge in [-0.15, -0.1) is 0 Å². The lowest BCUT2D eigenvalue weighted by atomic mass is 9.95. The Morgan fingerprint density at radius 3 is 2.61 bits per heavy atom. The average molecular weight is 518 g/mol. The second-order valence-electron chi connectivity index (χ2n) is 9.87. The van der Waals surface area contributed by atoms with E-state index in [-0.39, 0.29) is 40.7 Å². The summed E-state index contributed by atoms with van der Waals surface area (Å²) < 4.78 is 9.73. The molecule has 0 unspecified atom stereocenters. The first-order chi connectivity index (χ1) is 17.3. The molecule has 198 valence electrons. The minimum Gasteiger partial charge on any atom is -0.467 e. The number of carbonyl (C=O) groups is 3. The van der Waals surface area contributed by atoms with Gasteiger partial charge in [0.2, 0.25) is 5.91 Å². The molecule has 10 heteroatoms. The Morgan fingerprint density at radius 1 is 1.22 bits per heavy atom. The minimum absolute atomic E-state index is 0.0539. The van der Waals surface area contributed by atoms with Crippen LogP contribution in [0.15, 0.2) is 22.8 Å². The number of carbonyl (C=O) groups excluding carboxylic acids is 3. The molecule has 0 spiro atoms. The van der Waals surface area contributed by atoms with Gasteiger partial charge in [-0.05, 0) is 55.3 Å². The third-order valence-corrected chi connectivity index (χ3v) is 7.36. The number of hydrogen-bond acceptors (Lipinski definition) is 7. The molecule has 1 atom stereocenters. The fourth-order valence-electron chi connectivity index (χ4n) is 4.44. The molecule has 9 nitrogen and oxygen atoms in total. The molecule has 2 heterocycles. The van der Waals surface area contributed by atoms with E-state index in [1.54, 1.807) is 12.1 Å². The molecule has 3 rings (SSSR count). The van der Waals surface area contributed by atoms with Crippen molar-refractivity contribution in [2.24, 2.45) is 5.92 Å². The number of nitrogen functional groups attached to an aromatic ring is 1. The Balaban J connectivity index is 1.83. The Bertz CT molecular complexity index is 998. The topological polar surface area (TPSA) is 131 Å². The van der Waals surface area contributed by atoms with Crippen LogP contribution < -0.4 is 16.4 Å². The summed E-state index contributed by atoms with van der Waals surface area (Å²) in [6.07, 6.45) is 8.78. The normalized spacial score (nSPS) is 15.0. The van der Waals surface area contributed by atoms with Gasteiger partial charge in [-0.1, -0.05) is 46.5 Å². The molecule has 3 amide bonds. The highest BCUT2D eigenvalue weighted by Gasteiger charge is 2.34. The molecule has 0 saturated heterocycles. The monoisotopic (exact) mass is 517 g/mol. The van der Waals surface area contributed by atoms with Gasteiger partial charge in [0.05, 0.1) is 18.5 Å². The summed E-state index contributed by atoms with van der Waals surface area (Å²) in [4.78, 5) is 41.5. The predicted molar refractivity (Wildman–Crippen MR) is 141 cm³/mol. The van der Waals surface area contributed by atoms with Crippen LogP contribution in [0.1, 0.15) is 98.1 Å². The van der Waals surface area contributed by atoms with Crippen LogP contribution in [-0.4, -0.2) is 45.6 Å². The largest absolute Gasteiger partial charge is 0.467 e. The van der Waals surface area contributed by atoms with E-state index in [0.717, 1.165) is 43.6 Å². The zero-order valence-corrected chi connectivity index (χ0v) is 22.4. The summed E-state index contributed by atoms with van der Waals surface area (Å²) in [7, 11) is 0. The zero-order valence-electron chi connectivity index (χ0n) is 21.5. The van der Waals surface area contributed by atoms with Crippen molar-refractivity contribution in [1.29, 1.82) is 0 Å². The van der Waals surface area contributed by atoms with Crippen LogP contribution in [0, 0.1) is 5.92 Å². The second kappa shape index (κ2) is 13.4.